The van der Waals surface area contributed by atoms with Crippen molar-refractivity contribution in [1.29, 1.82) is 0 Å². The fourth-order valence-corrected chi connectivity index (χ4v) is 18.2. The highest BCUT2D eigenvalue weighted by Crippen LogP contribution is 2.89. The topological polar surface area (TPSA) is 3.24 Å². The zero-order valence-corrected chi connectivity index (χ0v) is 41.9. The smallest absolute Gasteiger partial charge is 0.0654 e. The molecule has 2 heteroatoms. The first-order valence-electron chi connectivity index (χ1n) is 26.8. The van der Waals surface area contributed by atoms with Crippen molar-refractivity contribution in [1.82, 2.24) is 0 Å². The fraction of sp³-hybridized carbons (Fsp3) is 0.229. The lowest BCUT2D eigenvalue weighted by molar-refractivity contribution is -0.231. The highest BCUT2D eigenvalue weighted by atomic mass is 32.1. The molecule has 2 bridgehead atoms. The number of anilines is 2. The van der Waals surface area contributed by atoms with Gasteiger partial charge >= 0.3 is 0 Å². The summed E-state index contributed by atoms with van der Waals surface area (Å²) >= 11 is 1.91. The first-order valence-corrected chi connectivity index (χ1v) is 27.7. The third kappa shape index (κ3) is 5.39. The average Bonchev–Trinajstić information content (AvgIpc) is 4.16. The maximum Gasteiger partial charge on any atom is 0.0654 e. The number of hydrogen-bond acceptors (Lipinski definition) is 2. The van der Waals surface area contributed by atoms with Gasteiger partial charge in [0.05, 0.1) is 6.04 Å². The highest BCUT2D eigenvalue weighted by molar-refractivity contribution is 7.25. The van der Waals surface area contributed by atoms with Crippen LogP contribution in [0.3, 0.4) is 0 Å². The fourth-order valence-electron chi connectivity index (χ4n) is 17.1. The van der Waals surface area contributed by atoms with E-state index in [1.54, 1.807) is 11.1 Å². The third-order valence-corrected chi connectivity index (χ3v) is 20.9. The van der Waals surface area contributed by atoms with Crippen molar-refractivity contribution < 1.29 is 0 Å². The molecule has 0 aliphatic heterocycles. The van der Waals surface area contributed by atoms with Gasteiger partial charge in [0.15, 0.2) is 0 Å². The molecule has 9 atom stereocenters. The summed E-state index contributed by atoms with van der Waals surface area (Å²) in [6.45, 7) is 4.81. The number of allylic oxidation sites excluding steroid dienone is 6. The van der Waals surface area contributed by atoms with Crippen LogP contribution >= 0.6 is 11.3 Å². The van der Waals surface area contributed by atoms with Crippen LogP contribution in [0.4, 0.5) is 11.4 Å². The van der Waals surface area contributed by atoms with Gasteiger partial charge in [0, 0.05) is 47.9 Å². The Hall–Kier alpha value is -7.00. The molecule has 1 nitrogen and oxygen atoms in total. The number of hydrogen-bond donors (Lipinski definition) is 0. The molecule has 348 valence electrons. The summed E-state index contributed by atoms with van der Waals surface area (Å²) in [6.07, 6.45) is 23.6. The number of rotatable bonds is 7. The van der Waals surface area contributed by atoms with Gasteiger partial charge in [0.25, 0.3) is 0 Å². The molecule has 0 N–H and O–H groups in total. The van der Waals surface area contributed by atoms with Crippen LogP contribution in [-0.4, -0.2) is 6.04 Å². The van der Waals surface area contributed by atoms with Crippen LogP contribution in [0.15, 0.2) is 212 Å². The van der Waals surface area contributed by atoms with E-state index < -0.39 is 5.41 Å². The van der Waals surface area contributed by atoms with E-state index >= 15 is 0 Å². The Kier molecular flexibility index (Phi) is 8.68. The SMILES string of the molecule is CC1C=C(c2cccc3cccc(-c4ccccc4N(c4ccc(-c5ccc6c(c5)C5(c7ccccc7-6)C6CC7CC8CC5C86C7)cc4)C4C=CC=CC4(C)c4cccc5sc6ccccc6c45)c23)C=CC1. The van der Waals surface area contributed by atoms with E-state index in [1.807, 2.05) is 11.3 Å². The van der Waals surface area contributed by atoms with Crippen molar-refractivity contribution in [2.24, 2.45) is 35.0 Å². The first kappa shape index (κ1) is 41.6. The molecule has 0 saturated heterocycles. The van der Waals surface area contributed by atoms with Crippen LogP contribution < -0.4 is 4.90 Å². The lowest BCUT2D eigenvalue weighted by Crippen LogP contribution is -2.73. The van der Waals surface area contributed by atoms with E-state index in [0.29, 0.717) is 11.3 Å². The van der Waals surface area contributed by atoms with Gasteiger partial charge in [-0.3, -0.25) is 0 Å². The molecule has 1 aromatic heterocycles. The molecule has 7 aliphatic rings. The molecule has 7 aliphatic carbocycles. The Morgan fingerprint density at radius 1 is 0.583 bits per heavy atom. The Bertz CT molecular complexity index is 3890. The molecule has 9 unspecified atom stereocenters. The van der Waals surface area contributed by atoms with Gasteiger partial charge in [0.1, 0.15) is 0 Å². The highest BCUT2D eigenvalue weighted by Gasteiger charge is 2.84. The van der Waals surface area contributed by atoms with Gasteiger partial charge in [-0.15, -0.1) is 11.3 Å². The van der Waals surface area contributed by atoms with Crippen LogP contribution in [0.25, 0.3) is 69.9 Å². The molecule has 8 aromatic carbocycles. The molecule has 0 radical (unpaired) electrons. The van der Waals surface area contributed by atoms with Gasteiger partial charge in [-0.05, 0) is 177 Å². The Morgan fingerprint density at radius 3 is 2.18 bits per heavy atom. The van der Waals surface area contributed by atoms with Gasteiger partial charge in [-0.25, -0.2) is 0 Å². The monoisotopic (exact) mass is 943 g/mol. The number of para-hydroxylation sites is 1. The van der Waals surface area contributed by atoms with Gasteiger partial charge in [-0.2, -0.15) is 0 Å². The molecule has 1 heterocycles. The zero-order valence-electron chi connectivity index (χ0n) is 41.1. The van der Waals surface area contributed by atoms with Crippen molar-refractivity contribution in [3.63, 3.8) is 0 Å². The largest absolute Gasteiger partial charge is 0.333 e. The second-order valence-corrected chi connectivity index (χ2v) is 24.1. The minimum atomic E-state index is -0.398. The number of fused-ring (bicyclic) bond motifs is 12. The Morgan fingerprint density at radius 2 is 1.31 bits per heavy atom. The number of thiophene rings is 1. The van der Waals surface area contributed by atoms with Crippen molar-refractivity contribution in [2.45, 2.75) is 62.8 Å². The van der Waals surface area contributed by atoms with Crippen LogP contribution in [0.2, 0.25) is 0 Å². The van der Waals surface area contributed by atoms with E-state index in [2.05, 4.69) is 231 Å². The van der Waals surface area contributed by atoms with Crippen LogP contribution in [0.1, 0.15) is 68.2 Å². The van der Waals surface area contributed by atoms with E-state index in [1.165, 1.54) is 118 Å². The summed E-state index contributed by atoms with van der Waals surface area (Å²) in [5.74, 6) is 4.01. The maximum atomic E-state index is 2.68. The lowest BCUT2D eigenvalue weighted by atomic mass is 9.27. The summed E-state index contributed by atoms with van der Waals surface area (Å²) in [5.41, 5.74) is 18.1. The Balaban J connectivity index is 0.871. The Labute approximate surface area is 427 Å². The molecular formula is C70H57NS. The predicted octanol–water partition coefficient (Wildman–Crippen LogP) is 18.4. The van der Waals surface area contributed by atoms with Crippen molar-refractivity contribution in [3.05, 3.63) is 235 Å². The van der Waals surface area contributed by atoms with Crippen LogP contribution in [0.5, 0.6) is 0 Å². The van der Waals surface area contributed by atoms with Gasteiger partial charge < -0.3 is 4.90 Å². The molecular weight excluding hydrogens is 887 g/mol. The summed E-state index contributed by atoms with van der Waals surface area (Å²) in [4.78, 5) is 2.68. The van der Waals surface area contributed by atoms with Gasteiger partial charge in [0.2, 0.25) is 0 Å². The minimum absolute atomic E-state index is 0.0598. The third-order valence-electron chi connectivity index (χ3n) is 19.8. The molecule has 2 spiro atoms. The van der Waals surface area contributed by atoms with E-state index in [9.17, 15) is 0 Å². The second-order valence-electron chi connectivity index (χ2n) is 23.0. The normalized spacial score (nSPS) is 28.8. The molecule has 16 rings (SSSR count). The molecule has 4 saturated carbocycles. The van der Waals surface area contributed by atoms with E-state index in [4.69, 9.17) is 0 Å². The summed E-state index contributed by atoms with van der Waals surface area (Å²) < 4.78 is 2.67. The summed E-state index contributed by atoms with van der Waals surface area (Å²) in [5, 5.41) is 5.27. The average molecular weight is 944 g/mol. The zero-order chi connectivity index (χ0) is 47.5. The quantitative estimate of drug-likeness (QED) is 0.154. The molecule has 0 amide bonds. The summed E-state index contributed by atoms with van der Waals surface area (Å²) in [7, 11) is 0. The minimum Gasteiger partial charge on any atom is -0.333 e. The standard InChI is InChI=1S/C70H57NS/c1-43-15-11-18-48(37-43)51-22-12-16-46-17-13-23-55(66(46)51)54-20-4-7-26-60(54)71(65-29-9-10-36-68(65,2)58-25-14-28-62-67(58)56-21-5-8-27-61(56)72-62)50-33-30-45(31-34-50)47-32-35-53-52-19-3-6-24-57(52)70(59(53)40-47)63-39-44-38-49-41-64(70)69(49,63)42-44/h3-14,16-37,40,43-44,49,63-65H,15,38-39,41-42H2,1-2H3. The van der Waals surface area contributed by atoms with E-state index in [-0.39, 0.29) is 11.5 Å². The van der Waals surface area contributed by atoms with Crippen molar-refractivity contribution in [2.75, 3.05) is 4.90 Å². The summed E-state index contributed by atoms with van der Waals surface area (Å²) in [6, 6.07) is 65.7. The van der Waals surface area contributed by atoms with Crippen molar-refractivity contribution in [3.8, 4) is 33.4 Å². The van der Waals surface area contributed by atoms with Crippen molar-refractivity contribution >= 4 is 59.2 Å². The van der Waals surface area contributed by atoms with Crippen LogP contribution in [0, 0.1) is 35.0 Å². The first-order chi connectivity index (χ1) is 35.4. The molecule has 9 aromatic rings. The van der Waals surface area contributed by atoms with Crippen LogP contribution in [-0.2, 0) is 10.8 Å². The number of benzene rings is 8. The second kappa shape index (κ2) is 15.0. The maximum absolute atomic E-state index is 2.68. The molecule has 72 heavy (non-hydrogen) atoms. The van der Waals surface area contributed by atoms with Gasteiger partial charge in [-0.1, -0.05) is 183 Å². The molecule has 4 fully saturated rings. The number of nitrogens with zero attached hydrogens (tertiary/aromatic N) is 1. The van der Waals surface area contributed by atoms with E-state index in [0.717, 1.165) is 30.1 Å². The predicted molar refractivity (Wildman–Crippen MR) is 304 cm³/mol. The lowest BCUT2D eigenvalue weighted by Gasteiger charge is -2.76.